The van der Waals surface area contributed by atoms with Crippen molar-refractivity contribution in [1.29, 1.82) is 0 Å². The Morgan fingerprint density at radius 3 is 2.46 bits per heavy atom. The Morgan fingerprint density at radius 1 is 1.23 bits per heavy atom. The second kappa shape index (κ2) is 3.33. The summed E-state index contributed by atoms with van der Waals surface area (Å²) in [6.07, 6.45) is 3.37. The fourth-order valence-electron chi connectivity index (χ4n) is 1.95. The van der Waals surface area contributed by atoms with E-state index in [0.29, 0.717) is 5.92 Å². The van der Waals surface area contributed by atoms with Gasteiger partial charge in [-0.05, 0) is 42.9 Å². The van der Waals surface area contributed by atoms with Crippen molar-refractivity contribution in [2.24, 2.45) is 0 Å². The van der Waals surface area contributed by atoms with Gasteiger partial charge in [0, 0.05) is 0 Å². The van der Waals surface area contributed by atoms with Crippen molar-refractivity contribution in [2.45, 2.75) is 25.2 Å². The highest BCUT2D eigenvalue weighted by Crippen LogP contribution is 2.36. The molecule has 0 aromatic heterocycles. The summed E-state index contributed by atoms with van der Waals surface area (Å²) in [6.45, 7) is 3.97. The number of halogens is 1. The molecular formula is C12H13F. The molecular weight excluding hydrogens is 163 g/mol. The van der Waals surface area contributed by atoms with Gasteiger partial charge < -0.3 is 0 Å². The van der Waals surface area contributed by atoms with Crippen molar-refractivity contribution < 1.29 is 4.39 Å². The topological polar surface area (TPSA) is 0 Å². The second-order valence-corrected chi connectivity index (χ2v) is 3.74. The highest BCUT2D eigenvalue weighted by Gasteiger charge is 2.19. The number of hydrogen-bond acceptors (Lipinski definition) is 0. The monoisotopic (exact) mass is 176 g/mol. The van der Waals surface area contributed by atoms with E-state index in [1.54, 1.807) is 0 Å². The maximum Gasteiger partial charge on any atom is 0.123 e. The predicted octanol–water partition coefficient (Wildman–Crippen LogP) is 3.65. The van der Waals surface area contributed by atoms with E-state index < -0.39 is 0 Å². The van der Waals surface area contributed by atoms with E-state index in [4.69, 9.17) is 0 Å². The van der Waals surface area contributed by atoms with Crippen molar-refractivity contribution in [3.8, 4) is 0 Å². The average Bonchev–Trinajstić information content (AvgIpc) is 2.53. The summed E-state index contributed by atoms with van der Waals surface area (Å²) in [5, 5.41) is 0. The normalized spacial score (nSPS) is 22.2. The number of benzene rings is 1. The van der Waals surface area contributed by atoms with Crippen molar-refractivity contribution in [2.75, 3.05) is 0 Å². The van der Waals surface area contributed by atoms with Gasteiger partial charge in [0.2, 0.25) is 0 Å². The molecule has 0 bridgehead atoms. The van der Waals surface area contributed by atoms with E-state index >= 15 is 0 Å². The number of rotatable bonds is 1. The largest absolute Gasteiger partial charge is 0.207 e. The van der Waals surface area contributed by atoms with Gasteiger partial charge in [-0.3, -0.25) is 0 Å². The summed E-state index contributed by atoms with van der Waals surface area (Å²) in [5.74, 6) is 0.425. The molecule has 68 valence electrons. The third-order valence-corrected chi connectivity index (χ3v) is 2.72. The zero-order valence-corrected chi connectivity index (χ0v) is 7.59. The molecule has 1 aromatic carbocycles. The summed E-state index contributed by atoms with van der Waals surface area (Å²) in [5.41, 5.74) is 2.58. The van der Waals surface area contributed by atoms with Crippen LogP contribution in [0.4, 0.5) is 4.39 Å². The first-order chi connectivity index (χ1) is 6.25. The fourth-order valence-corrected chi connectivity index (χ4v) is 1.95. The fraction of sp³-hybridized carbons (Fsp3) is 0.333. The van der Waals surface area contributed by atoms with Gasteiger partial charge in [0.1, 0.15) is 5.82 Å². The third-order valence-electron chi connectivity index (χ3n) is 2.72. The SMILES string of the molecule is C=C1CCC(c2ccc(F)cc2)C1. The molecule has 0 radical (unpaired) electrons. The molecule has 0 aliphatic heterocycles. The van der Waals surface area contributed by atoms with Crippen molar-refractivity contribution in [1.82, 2.24) is 0 Å². The van der Waals surface area contributed by atoms with Crippen LogP contribution in [0.25, 0.3) is 0 Å². The smallest absolute Gasteiger partial charge is 0.123 e. The molecule has 1 aliphatic rings. The molecule has 1 aromatic rings. The summed E-state index contributed by atoms with van der Waals surface area (Å²) in [7, 11) is 0. The molecule has 0 spiro atoms. The Bertz CT molecular complexity index is 310. The predicted molar refractivity (Wildman–Crippen MR) is 52.1 cm³/mol. The Labute approximate surface area is 78.1 Å². The number of hydrogen-bond donors (Lipinski definition) is 0. The highest BCUT2D eigenvalue weighted by molar-refractivity contribution is 5.24. The van der Waals surface area contributed by atoms with Gasteiger partial charge in [-0.25, -0.2) is 4.39 Å². The van der Waals surface area contributed by atoms with Crippen LogP contribution in [0.15, 0.2) is 36.4 Å². The lowest BCUT2D eigenvalue weighted by Crippen LogP contribution is -1.91. The lowest BCUT2D eigenvalue weighted by atomic mass is 9.98. The first-order valence-corrected chi connectivity index (χ1v) is 4.68. The van der Waals surface area contributed by atoms with Crippen LogP contribution in [0.5, 0.6) is 0 Å². The first-order valence-electron chi connectivity index (χ1n) is 4.68. The van der Waals surface area contributed by atoms with Gasteiger partial charge in [-0.2, -0.15) is 0 Å². The van der Waals surface area contributed by atoms with Crippen molar-refractivity contribution >= 4 is 0 Å². The molecule has 0 amide bonds. The first kappa shape index (κ1) is 8.49. The lowest BCUT2D eigenvalue weighted by molar-refractivity contribution is 0.624. The quantitative estimate of drug-likeness (QED) is 0.573. The van der Waals surface area contributed by atoms with Crippen LogP contribution in [-0.4, -0.2) is 0 Å². The zero-order chi connectivity index (χ0) is 9.26. The van der Waals surface area contributed by atoms with Crippen LogP contribution in [-0.2, 0) is 0 Å². The van der Waals surface area contributed by atoms with Gasteiger partial charge >= 0.3 is 0 Å². The summed E-state index contributed by atoms with van der Waals surface area (Å²) < 4.78 is 12.6. The average molecular weight is 176 g/mol. The Morgan fingerprint density at radius 2 is 1.92 bits per heavy atom. The van der Waals surface area contributed by atoms with E-state index in [-0.39, 0.29) is 5.82 Å². The molecule has 1 unspecified atom stereocenters. The molecule has 1 saturated carbocycles. The second-order valence-electron chi connectivity index (χ2n) is 3.74. The molecule has 0 heterocycles. The van der Waals surface area contributed by atoms with Gasteiger partial charge in [-0.1, -0.05) is 24.3 Å². The van der Waals surface area contributed by atoms with Gasteiger partial charge in [-0.15, -0.1) is 0 Å². The van der Waals surface area contributed by atoms with Crippen LogP contribution in [0, 0.1) is 5.82 Å². The van der Waals surface area contributed by atoms with E-state index in [9.17, 15) is 4.39 Å². The molecule has 1 atom stereocenters. The Hall–Kier alpha value is -1.11. The highest BCUT2D eigenvalue weighted by atomic mass is 19.1. The minimum absolute atomic E-state index is 0.152. The summed E-state index contributed by atoms with van der Waals surface area (Å²) in [4.78, 5) is 0. The van der Waals surface area contributed by atoms with Crippen LogP contribution in [0.3, 0.4) is 0 Å². The molecule has 0 N–H and O–H groups in total. The van der Waals surface area contributed by atoms with E-state index in [0.717, 1.165) is 12.8 Å². The molecule has 1 aliphatic carbocycles. The van der Waals surface area contributed by atoms with Crippen LogP contribution >= 0.6 is 0 Å². The summed E-state index contributed by atoms with van der Waals surface area (Å²) in [6, 6.07) is 6.85. The Balaban J connectivity index is 2.17. The standard InChI is InChI=1S/C12H13F/c1-9-2-3-11(8-9)10-4-6-12(13)7-5-10/h4-7,11H,1-3,8H2. The Kier molecular flexibility index (Phi) is 2.17. The maximum atomic E-state index is 12.6. The van der Waals surface area contributed by atoms with E-state index in [2.05, 4.69) is 6.58 Å². The van der Waals surface area contributed by atoms with Crippen molar-refractivity contribution in [3.05, 3.63) is 47.8 Å². The van der Waals surface area contributed by atoms with Crippen molar-refractivity contribution in [3.63, 3.8) is 0 Å². The lowest BCUT2D eigenvalue weighted by Gasteiger charge is -2.07. The maximum absolute atomic E-state index is 12.6. The summed E-state index contributed by atoms with van der Waals surface area (Å²) >= 11 is 0. The molecule has 2 rings (SSSR count). The molecule has 0 nitrogen and oxygen atoms in total. The molecule has 1 fully saturated rings. The minimum atomic E-state index is -0.152. The van der Waals surface area contributed by atoms with Crippen LogP contribution in [0.2, 0.25) is 0 Å². The third kappa shape index (κ3) is 1.80. The van der Waals surface area contributed by atoms with E-state index in [1.807, 2.05) is 12.1 Å². The zero-order valence-electron chi connectivity index (χ0n) is 7.59. The van der Waals surface area contributed by atoms with Crippen LogP contribution < -0.4 is 0 Å². The molecule has 1 heteroatoms. The van der Waals surface area contributed by atoms with Crippen LogP contribution in [0.1, 0.15) is 30.7 Å². The van der Waals surface area contributed by atoms with Gasteiger partial charge in [0.15, 0.2) is 0 Å². The minimum Gasteiger partial charge on any atom is -0.207 e. The van der Waals surface area contributed by atoms with Gasteiger partial charge in [0.05, 0.1) is 0 Å². The molecule has 0 saturated heterocycles. The van der Waals surface area contributed by atoms with Gasteiger partial charge in [0.25, 0.3) is 0 Å². The number of allylic oxidation sites excluding steroid dienone is 1. The van der Waals surface area contributed by atoms with E-state index in [1.165, 1.54) is 29.7 Å². The molecule has 13 heavy (non-hydrogen) atoms.